The molecule has 0 bridgehead atoms. The van der Waals surface area contributed by atoms with Crippen LogP contribution in [0.25, 0.3) is 33.5 Å². The summed E-state index contributed by atoms with van der Waals surface area (Å²) in [5, 5.41) is 12.6. The topological polar surface area (TPSA) is 129 Å². The van der Waals surface area contributed by atoms with E-state index in [4.69, 9.17) is 17.3 Å². The minimum absolute atomic E-state index is 0.147. The largest absolute Gasteiger partial charge is 0.451 e. The van der Waals surface area contributed by atoms with Crippen LogP contribution in [0.5, 0.6) is 0 Å². The molecule has 3 heterocycles. The number of amides is 1. The van der Waals surface area contributed by atoms with Gasteiger partial charge in [0, 0.05) is 28.3 Å². The minimum atomic E-state index is -4.68. The number of benzene rings is 1. The van der Waals surface area contributed by atoms with Gasteiger partial charge in [0.25, 0.3) is 0 Å². The maximum Gasteiger partial charge on any atom is 0.451 e. The number of rotatable bonds is 3. The summed E-state index contributed by atoms with van der Waals surface area (Å²) in [6.45, 7) is 0. The molecular weight excluding hydrogens is 387 g/mol. The molecule has 0 atom stereocenters. The van der Waals surface area contributed by atoms with Crippen molar-refractivity contribution in [1.82, 2.24) is 30.4 Å². The third-order valence-corrected chi connectivity index (χ3v) is 4.21. The van der Waals surface area contributed by atoms with Crippen LogP contribution in [0.2, 0.25) is 5.02 Å². The van der Waals surface area contributed by atoms with Crippen LogP contribution in [-0.4, -0.2) is 36.3 Å². The number of hydrogen-bond acceptors (Lipinski definition) is 4. The Morgan fingerprint density at radius 1 is 1.26 bits per heavy atom. The molecule has 5 N–H and O–H groups in total. The molecule has 3 aromatic heterocycles. The number of aromatic nitrogens is 6. The third kappa shape index (κ3) is 2.81. The molecule has 0 aliphatic carbocycles. The number of primary amides is 1. The average Bonchev–Trinajstić information content (AvgIpc) is 3.32. The lowest BCUT2D eigenvalue weighted by molar-refractivity contribution is -0.144. The molecule has 0 spiro atoms. The molecule has 0 saturated heterocycles. The van der Waals surface area contributed by atoms with Gasteiger partial charge in [0.2, 0.25) is 11.7 Å². The number of nitrogens with two attached hydrogens (primary N) is 1. The van der Waals surface area contributed by atoms with Crippen LogP contribution >= 0.6 is 11.6 Å². The van der Waals surface area contributed by atoms with E-state index in [1.54, 1.807) is 0 Å². The van der Waals surface area contributed by atoms with Crippen LogP contribution in [0, 0.1) is 0 Å². The van der Waals surface area contributed by atoms with Crippen LogP contribution in [0.3, 0.4) is 0 Å². The molecule has 4 rings (SSSR count). The Balaban J connectivity index is 2.03. The summed E-state index contributed by atoms with van der Waals surface area (Å²) in [5.41, 5.74) is 7.02. The van der Waals surface area contributed by atoms with Crippen molar-refractivity contribution in [1.29, 1.82) is 0 Å². The highest BCUT2D eigenvalue weighted by molar-refractivity contribution is 6.36. The minimum Gasteiger partial charge on any atom is -0.366 e. The number of H-pyrrole nitrogens is 3. The quantitative estimate of drug-likeness (QED) is 0.424. The molecule has 0 fully saturated rings. The van der Waals surface area contributed by atoms with Crippen LogP contribution in [0.15, 0.2) is 24.5 Å². The molecule has 0 saturated carbocycles. The van der Waals surface area contributed by atoms with E-state index in [1.165, 1.54) is 24.5 Å². The second-order valence-electron chi connectivity index (χ2n) is 5.61. The van der Waals surface area contributed by atoms with Crippen LogP contribution < -0.4 is 5.73 Å². The zero-order valence-electron chi connectivity index (χ0n) is 13.1. The van der Waals surface area contributed by atoms with E-state index in [1.807, 2.05) is 5.10 Å². The third-order valence-electron chi connectivity index (χ3n) is 3.91. The summed E-state index contributed by atoms with van der Waals surface area (Å²) >= 11 is 6.23. The second-order valence-corrected chi connectivity index (χ2v) is 6.02. The van der Waals surface area contributed by atoms with Gasteiger partial charge >= 0.3 is 6.18 Å². The molecule has 138 valence electrons. The lowest BCUT2D eigenvalue weighted by Crippen LogP contribution is -2.10. The van der Waals surface area contributed by atoms with Crippen molar-refractivity contribution in [3.05, 3.63) is 40.9 Å². The monoisotopic (exact) mass is 395 g/mol. The predicted octanol–water partition coefficient (Wildman–Crippen LogP) is 3.11. The van der Waals surface area contributed by atoms with Gasteiger partial charge in [-0.05, 0) is 12.1 Å². The molecule has 12 heteroatoms. The Morgan fingerprint density at radius 3 is 2.63 bits per heavy atom. The van der Waals surface area contributed by atoms with Crippen molar-refractivity contribution >= 4 is 28.4 Å². The Morgan fingerprint density at radius 2 is 2.04 bits per heavy atom. The SMILES string of the molecule is NC(=O)c1cc(Cl)c2[nH]c(-c3n[nH]c(C(F)(F)F)n3)c(-c3cn[nH]c3)c2c1. The molecule has 8 nitrogen and oxygen atoms in total. The molecule has 0 unspecified atom stereocenters. The van der Waals surface area contributed by atoms with Crippen LogP contribution in [-0.2, 0) is 6.18 Å². The van der Waals surface area contributed by atoms with Crippen molar-refractivity contribution in [3.63, 3.8) is 0 Å². The van der Waals surface area contributed by atoms with Gasteiger partial charge in [-0.25, -0.2) is 4.98 Å². The summed E-state index contributed by atoms with van der Waals surface area (Å²) < 4.78 is 38.6. The number of nitrogens with one attached hydrogen (secondary N) is 3. The van der Waals surface area contributed by atoms with Crippen molar-refractivity contribution in [2.24, 2.45) is 5.73 Å². The molecule has 1 aromatic carbocycles. The maximum absolute atomic E-state index is 12.9. The molecule has 27 heavy (non-hydrogen) atoms. The van der Waals surface area contributed by atoms with E-state index < -0.39 is 17.9 Å². The first-order valence-electron chi connectivity index (χ1n) is 7.40. The van der Waals surface area contributed by atoms with Crippen LogP contribution in [0.1, 0.15) is 16.2 Å². The van der Waals surface area contributed by atoms with Crippen molar-refractivity contribution < 1.29 is 18.0 Å². The average molecular weight is 396 g/mol. The molecule has 0 aliphatic heterocycles. The van der Waals surface area contributed by atoms with Gasteiger partial charge in [-0.1, -0.05) is 11.6 Å². The fourth-order valence-electron chi connectivity index (χ4n) is 2.75. The zero-order chi connectivity index (χ0) is 19.3. The van der Waals surface area contributed by atoms with Gasteiger partial charge in [0.1, 0.15) is 0 Å². The molecule has 0 radical (unpaired) electrons. The summed E-state index contributed by atoms with van der Waals surface area (Å²) in [6, 6.07) is 2.86. The van der Waals surface area contributed by atoms with E-state index in [0.29, 0.717) is 22.0 Å². The highest BCUT2D eigenvalue weighted by Crippen LogP contribution is 2.40. The zero-order valence-corrected chi connectivity index (χ0v) is 13.9. The second kappa shape index (κ2) is 5.84. The number of carbonyl (C=O) groups is 1. The normalized spacial score (nSPS) is 12.0. The molecule has 0 aliphatic rings. The lowest BCUT2D eigenvalue weighted by atomic mass is 10.0. The smallest absolute Gasteiger partial charge is 0.366 e. The van der Waals surface area contributed by atoms with Gasteiger partial charge in [0.15, 0.2) is 5.82 Å². The Bertz CT molecular complexity index is 1160. The molecule has 4 aromatic rings. The Hall–Kier alpha value is -3.34. The number of alkyl halides is 3. The highest BCUT2D eigenvalue weighted by atomic mass is 35.5. The number of fused-ring (bicyclic) bond motifs is 1. The number of halogens is 4. The van der Waals surface area contributed by atoms with E-state index >= 15 is 0 Å². The molecular formula is C15H9ClF3N7O. The highest BCUT2D eigenvalue weighted by Gasteiger charge is 2.36. The number of hydrogen-bond donors (Lipinski definition) is 4. The summed E-state index contributed by atoms with van der Waals surface area (Å²) in [6.07, 6.45) is -1.67. The van der Waals surface area contributed by atoms with Gasteiger partial charge in [-0.2, -0.15) is 23.4 Å². The summed E-state index contributed by atoms with van der Waals surface area (Å²) in [5.74, 6) is -2.15. The van der Waals surface area contributed by atoms with Crippen molar-refractivity contribution in [2.45, 2.75) is 6.18 Å². The van der Waals surface area contributed by atoms with Crippen molar-refractivity contribution in [3.8, 4) is 22.6 Å². The maximum atomic E-state index is 12.9. The van der Waals surface area contributed by atoms with Gasteiger partial charge in [-0.3, -0.25) is 15.0 Å². The Kier molecular flexibility index (Phi) is 3.70. The first-order chi connectivity index (χ1) is 12.8. The summed E-state index contributed by atoms with van der Waals surface area (Å²) in [7, 11) is 0. The van der Waals surface area contributed by atoms with Gasteiger partial charge in [0.05, 0.1) is 22.4 Å². The van der Waals surface area contributed by atoms with E-state index in [2.05, 4.69) is 25.3 Å². The number of nitrogens with zero attached hydrogens (tertiary/aromatic N) is 3. The van der Waals surface area contributed by atoms with E-state index in [9.17, 15) is 18.0 Å². The predicted molar refractivity (Wildman–Crippen MR) is 89.8 cm³/mol. The van der Waals surface area contributed by atoms with E-state index in [-0.39, 0.29) is 22.1 Å². The van der Waals surface area contributed by atoms with E-state index in [0.717, 1.165) is 0 Å². The number of carbonyl (C=O) groups excluding carboxylic acids is 1. The van der Waals surface area contributed by atoms with Gasteiger partial charge < -0.3 is 10.7 Å². The fraction of sp³-hybridized carbons (Fsp3) is 0.0667. The fourth-order valence-corrected chi connectivity index (χ4v) is 3.02. The standard InChI is InChI=1S/C15H9ClF3N7O/c16-8-2-5(12(20)27)1-7-9(6-3-21-22-4-6)11(23-10(7)8)13-24-14(26-25-13)15(17,18)19/h1-4,23H,(H2,20,27)(H,21,22)(H,24,25,26). The first-order valence-corrected chi connectivity index (χ1v) is 7.77. The van der Waals surface area contributed by atoms with Crippen LogP contribution in [0.4, 0.5) is 13.2 Å². The number of aromatic amines is 3. The van der Waals surface area contributed by atoms with Gasteiger partial charge in [-0.15, -0.1) is 0 Å². The lowest BCUT2D eigenvalue weighted by Gasteiger charge is -2.02. The van der Waals surface area contributed by atoms with Crippen molar-refractivity contribution in [2.75, 3.05) is 0 Å². The first kappa shape index (κ1) is 17.1. The molecule has 1 amide bonds. The summed E-state index contributed by atoms with van der Waals surface area (Å²) in [4.78, 5) is 18.0. The Labute approximate surface area is 152 Å².